The lowest BCUT2D eigenvalue weighted by atomic mass is 10.1. The third-order valence-corrected chi connectivity index (χ3v) is 4.63. The molecule has 7 nitrogen and oxygen atoms in total. The molecule has 2 aromatic rings. The van der Waals surface area contributed by atoms with Gasteiger partial charge in [-0.3, -0.25) is 14.4 Å². The number of aromatic nitrogens is 4. The predicted molar refractivity (Wildman–Crippen MR) is 91.1 cm³/mol. The van der Waals surface area contributed by atoms with Crippen LogP contribution in [0.1, 0.15) is 19.2 Å². The summed E-state index contributed by atoms with van der Waals surface area (Å²) in [5.74, 6) is 1.25. The van der Waals surface area contributed by atoms with Crippen LogP contribution in [0.25, 0.3) is 0 Å². The quantitative estimate of drug-likeness (QED) is 0.820. The molecule has 0 spiro atoms. The minimum Gasteiger partial charge on any atom is -0.341 e. The zero-order valence-corrected chi connectivity index (χ0v) is 14.5. The van der Waals surface area contributed by atoms with Crippen LogP contribution >= 0.6 is 0 Å². The second-order valence-corrected chi connectivity index (χ2v) is 6.54. The molecule has 1 aliphatic rings. The van der Waals surface area contributed by atoms with Gasteiger partial charge in [-0.05, 0) is 12.5 Å². The fraction of sp³-hybridized carbons (Fsp3) is 0.588. The topological polar surface area (TPSA) is 59.2 Å². The maximum atomic E-state index is 12.7. The summed E-state index contributed by atoms with van der Waals surface area (Å²) in [4.78, 5) is 21.5. The van der Waals surface area contributed by atoms with Gasteiger partial charge >= 0.3 is 0 Å². The first-order valence-corrected chi connectivity index (χ1v) is 8.58. The van der Waals surface area contributed by atoms with Crippen LogP contribution in [0.5, 0.6) is 0 Å². The molecule has 7 heteroatoms. The highest BCUT2D eigenvalue weighted by Crippen LogP contribution is 2.11. The Bertz CT molecular complexity index is 650. The first-order chi connectivity index (χ1) is 11.6. The molecule has 0 saturated carbocycles. The van der Waals surface area contributed by atoms with Crippen molar-refractivity contribution in [1.29, 1.82) is 0 Å². The summed E-state index contributed by atoms with van der Waals surface area (Å²) in [6.07, 6.45) is 8.46. The number of amides is 1. The molecule has 1 atom stereocenters. The zero-order valence-electron chi connectivity index (χ0n) is 14.5. The van der Waals surface area contributed by atoms with Crippen LogP contribution in [0.2, 0.25) is 0 Å². The van der Waals surface area contributed by atoms with Crippen molar-refractivity contribution in [3.05, 3.63) is 36.7 Å². The third-order valence-electron chi connectivity index (χ3n) is 4.63. The Balaban J connectivity index is 1.52. The van der Waals surface area contributed by atoms with Crippen LogP contribution in [0.3, 0.4) is 0 Å². The van der Waals surface area contributed by atoms with Gasteiger partial charge in [-0.1, -0.05) is 6.92 Å². The molecule has 3 heterocycles. The van der Waals surface area contributed by atoms with E-state index in [1.54, 1.807) is 6.20 Å². The summed E-state index contributed by atoms with van der Waals surface area (Å²) in [5, 5.41) is 4.19. The summed E-state index contributed by atoms with van der Waals surface area (Å²) in [7, 11) is 2.02. The second-order valence-electron chi connectivity index (χ2n) is 6.54. The highest BCUT2D eigenvalue weighted by Gasteiger charge is 2.24. The maximum Gasteiger partial charge on any atom is 0.227 e. The van der Waals surface area contributed by atoms with Crippen LogP contribution in [-0.2, 0) is 24.9 Å². The van der Waals surface area contributed by atoms with Gasteiger partial charge in [0, 0.05) is 58.0 Å². The number of imidazole rings is 1. The lowest BCUT2D eigenvalue weighted by Crippen LogP contribution is -2.39. The number of aryl methyl sites for hydroxylation is 1. The molecule has 130 valence electrons. The molecule has 0 N–H and O–H groups in total. The Morgan fingerprint density at radius 2 is 2.08 bits per heavy atom. The first kappa shape index (κ1) is 16.7. The fourth-order valence-electron chi connectivity index (χ4n) is 3.18. The molecule has 0 bridgehead atoms. The Morgan fingerprint density at radius 1 is 1.21 bits per heavy atom. The zero-order chi connectivity index (χ0) is 16.9. The summed E-state index contributed by atoms with van der Waals surface area (Å²) >= 11 is 0. The van der Waals surface area contributed by atoms with Gasteiger partial charge in [0.2, 0.25) is 5.91 Å². The van der Waals surface area contributed by atoms with Gasteiger partial charge in [-0.2, -0.15) is 5.10 Å². The molecule has 0 radical (unpaired) electrons. The molecule has 1 amide bonds. The fourth-order valence-corrected chi connectivity index (χ4v) is 3.18. The van der Waals surface area contributed by atoms with E-state index in [1.807, 2.05) is 48.2 Å². The highest BCUT2D eigenvalue weighted by molar-refractivity contribution is 5.78. The van der Waals surface area contributed by atoms with E-state index in [9.17, 15) is 4.79 Å². The van der Waals surface area contributed by atoms with Gasteiger partial charge in [0.1, 0.15) is 5.82 Å². The normalized spacial score (nSPS) is 17.7. The van der Waals surface area contributed by atoms with Crippen molar-refractivity contribution in [3.63, 3.8) is 0 Å². The molecule has 0 aliphatic carbocycles. The van der Waals surface area contributed by atoms with E-state index >= 15 is 0 Å². The van der Waals surface area contributed by atoms with Crippen molar-refractivity contribution < 1.29 is 4.79 Å². The molecule has 1 fully saturated rings. The molecule has 1 aliphatic heterocycles. The van der Waals surface area contributed by atoms with Gasteiger partial charge in [0.05, 0.1) is 19.0 Å². The summed E-state index contributed by atoms with van der Waals surface area (Å²) in [5.41, 5.74) is 0. The largest absolute Gasteiger partial charge is 0.341 e. The lowest BCUT2D eigenvalue weighted by Gasteiger charge is -2.24. The van der Waals surface area contributed by atoms with E-state index in [1.165, 1.54) is 0 Å². The van der Waals surface area contributed by atoms with Crippen LogP contribution in [0.4, 0.5) is 0 Å². The SMILES string of the molecule is C[C@H](Cn1cccn1)C(=O)N1CCCN(Cc2nccn2C)CC1. The molecule has 0 aromatic carbocycles. The molecule has 24 heavy (non-hydrogen) atoms. The highest BCUT2D eigenvalue weighted by atomic mass is 16.2. The van der Waals surface area contributed by atoms with E-state index < -0.39 is 0 Å². The van der Waals surface area contributed by atoms with Crippen LogP contribution in [0.15, 0.2) is 30.9 Å². The number of rotatable bonds is 5. The molecule has 1 saturated heterocycles. The summed E-state index contributed by atoms with van der Waals surface area (Å²) in [6.45, 7) is 6.98. The number of hydrogen-bond acceptors (Lipinski definition) is 4. The average molecular weight is 330 g/mol. The van der Waals surface area contributed by atoms with Crippen molar-refractivity contribution in [2.45, 2.75) is 26.4 Å². The van der Waals surface area contributed by atoms with Gasteiger partial charge in [-0.25, -0.2) is 4.98 Å². The van der Waals surface area contributed by atoms with Crippen molar-refractivity contribution in [3.8, 4) is 0 Å². The lowest BCUT2D eigenvalue weighted by molar-refractivity contribution is -0.135. The van der Waals surface area contributed by atoms with Gasteiger partial charge < -0.3 is 9.47 Å². The number of carbonyl (C=O) groups is 1. The summed E-state index contributed by atoms with van der Waals surface area (Å²) in [6, 6.07) is 1.89. The Labute approximate surface area is 142 Å². The molecule has 0 unspecified atom stereocenters. The standard InChI is InChI=1S/C17H26N6O/c1-15(13-23-9-3-5-19-23)17(24)22-8-4-7-21(11-12-22)14-16-18-6-10-20(16)2/h3,5-6,9-10,15H,4,7-8,11-14H2,1-2H3/t15-/m1/s1. The Kier molecular flexibility index (Phi) is 5.30. The molecular formula is C17H26N6O. The minimum atomic E-state index is -0.0500. The van der Waals surface area contributed by atoms with Crippen LogP contribution in [0, 0.1) is 5.92 Å². The van der Waals surface area contributed by atoms with Crippen LogP contribution in [-0.4, -0.2) is 61.2 Å². The summed E-state index contributed by atoms with van der Waals surface area (Å²) < 4.78 is 3.88. The monoisotopic (exact) mass is 330 g/mol. The van der Waals surface area contributed by atoms with Crippen molar-refractivity contribution in [2.24, 2.45) is 13.0 Å². The third kappa shape index (κ3) is 4.03. The van der Waals surface area contributed by atoms with Crippen molar-refractivity contribution in [1.82, 2.24) is 29.1 Å². The Morgan fingerprint density at radius 3 is 2.79 bits per heavy atom. The smallest absolute Gasteiger partial charge is 0.227 e. The maximum absolute atomic E-state index is 12.7. The van der Waals surface area contributed by atoms with Gasteiger partial charge in [0.15, 0.2) is 0 Å². The first-order valence-electron chi connectivity index (χ1n) is 8.58. The van der Waals surface area contributed by atoms with Crippen LogP contribution < -0.4 is 0 Å². The number of nitrogens with zero attached hydrogens (tertiary/aromatic N) is 6. The number of hydrogen-bond donors (Lipinski definition) is 0. The average Bonchev–Trinajstić information content (AvgIpc) is 3.15. The van der Waals surface area contributed by atoms with Gasteiger partial charge in [0.25, 0.3) is 0 Å². The number of carbonyl (C=O) groups excluding carboxylic acids is 1. The van der Waals surface area contributed by atoms with E-state index in [0.717, 1.165) is 45.0 Å². The second kappa shape index (κ2) is 7.61. The van der Waals surface area contributed by atoms with Crippen molar-refractivity contribution >= 4 is 5.91 Å². The van der Waals surface area contributed by atoms with E-state index in [-0.39, 0.29) is 11.8 Å². The molecule has 2 aromatic heterocycles. The minimum absolute atomic E-state index is 0.0500. The Hall–Kier alpha value is -2.15. The molecule has 3 rings (SSSR count). The van der Waals surface area contributed by atoms with Gasteiger partial charge in [-0.15, -0.1) is 0 Å². The van der Waals surface area contributed by atoms with E-state index in [0.29, 0.717) is 6.54 Å². The van der Waals surface area contributed by atoms with E-state index in [4.69, 9.17) is 0 Å². The molecular weight excluding hydrogens is 304 g/mol. The van der Waals surface area contributed by atoms with Crippen molar-refractivity contribution in [2.75, 3.05) is 26.2 Å². The van der Waals surface area contributed by atoms with E-state index in [2.05, 4.69) is 19.5 Å². The predicted octanol–water partition coefficient (Wildman–Crippen LogP) is 0.987.